The Morgan fingerprint density at radius 1 is 1.32 bits per heavy atom. The first kappa shape index (κ1) is 17.8. The van der Waals surface area contributed by atoms with Crippen LogP contribution in [0.25, 0.3) is 11.6 Å². The zero-order valence-corrected chi connectivity index (χ0v) is 15.7. The SMILES string of the molecule is CC(Sc1nnc(-c2ccco2)n1C)C(=O)Nc1ccc(Cl)cc1Cl. The number of hydrogen-bond donors (Lipinski definition) is 1. The summed E-state index contributed by atoms with van der Waals surface area (Å²) in [6.07, 6.45) is 1.57. The molecule has 25 heavy (non-hydrogen) atoms. The largest absolute Gasteiger partial charge is 0.461 e. The Morgan fingerprint density at radius 3 is 2.80 bits per heavy atom. The van der Waals surface area contributed by atoms with Crippen molar-refractivity contribution < 1.29 is 9.21 Å². The monoisotopic (exact) mass is 396 g/mol. The van der Waals surface area contributed by atoms with Crippen LogP contribution < -0.4 is 5.32 Å². The van der Waals surface area contributed by atoms with Crippen LogP contribution in [0, 0.1) is 0 Å². The first-order valence-corrected chi connectivity index (χ1v) is 8.95. The fourth-order valence-corrected chi connectivity index (χ4v) is 3.35. The number of furan rings is 1. The summed E-state index contributed by atoms with van der Waals surface area (Å²) < 4.78 is 7.11. The third-order valence-electron chi connectivity index (χ3n) is 3.42. The van der Waals surface area contributed by atoms with Crippen LogP contribution in [0.1, 0.15) is 6.92 Å². The molecule has 1 N–H and O–H groups in total. The molecule has 0 spiro atoms. The third kappa shape index (κ3) is 4.00. The molecule has 0 fully saturated rings. The van der Waals surface area contributed by atoms with Crippen LogP contribution in [-0.4, -0.2) is 25.9 Å². The highest BCUT2D eigenvalue weighted by Gasteiger charge is 2.20. The number of benzene rings is 1. The van der Waals surface area contributed by atoms with Crippen LogP contribution in [0.3, 0.4) is 0 Å². The van der Waals surface area contributed by atoms with Gasteiger partial charge >= 0.3 is 0 Å². The van der Waals surface area contributed by atoms with Gasteiger partial charge in [0, 0.05) is 12.1 Å². The van der Waals surface area contributed by atoms with E-state index < -0.39 is 5.25 Å². The van der Waals surface area contributed by atoms with Gasteiger partial charge in [-0.2, -0.15) is 0 Å². The van der Waals surface area contributed by atoms with Gasteiger partial charge in [0.1, 0.15) is 0 Å². The molecule has 0 aliphatic heterocycles. The van der Waals surface area contributed by atoms with E-state index in [1.807, 2.05) is 7.05 Å². The van der Waals surface area contributed by atoms with Crippen LogP contribution >= 0.6 is 35.0 Å². The van der Waals surface area contributed by atoms with E-state index in [2.05, 4.69) is 15.5 Å². The molecular weight excluding hydrogens is 383 g/mol. The topological polar surface area (TPSA) is 73.0 Å². The number of aromatic nitrogens is 3. The Kier molecular flexibility index (Phi) is 5.36. The van der Waals surface area contributed by atoms with Crippen molar-refractivity contribution in [1.29, 1.82) is 0 Å². The van der Waals surface area contributed by atoms with Gasteiger partial charge in [0.15, 0.2) is 16.7 Å². The second kappa shape index (κ2) is 7.51. The maximum Gasteiger partial charge on any atom is 0.237 e. The summed E-state index contributed by atoms with van der Waals surface area (Å²) in [5.41, 5.74) is 0.512. The minimum absolute atomic E-state index is 0.197. The molecule has 1 unspecified atom stereocenters. The standard InChI is InChI=1S/C16H14Cl2N4O2S/c1-9(15(23)19-12-6-5-10(17)8-11(12)18)25-16-21-20-14(22(16)2)13-4-3-7-24-13/h3-9H,1-2H3,(H,19,23). The lowest BCUT2D eigenvalue weighted by Crippen LogP contribution is -2.23. The molecule has 1 atom stereocenters. The first-order chi connectivity index (χ1) is 12.0. The zero-order chi connectivity index (χ0) is 18.0. The second-order valence-electron chi connectivity index (χ2n) is 5.22. The smallest absolute Gasteiger partial charge is 0.237 e. The Labute approximate surface area is 158 Å². The number of carbonyl (C=O) groups is 1. The van der Waals surface area contributed by atoms with Gasteiger partial charge in [0.05, 0.1) is 22.2 Å². The number of halogens is 2. The average Bonchev–Trinajstić information content (AvgIpc) is 3.20. The molecule has 2 heterocycles. The molecule has 0 aliphatic rings. The first-order valence-electron chi connectivity index (χ1n) is 7.31. The van der Waals surface area contributed by atoms with Crippen molar-refractivity contribution in [1.82, 2.24) is 14.8 Å². The van der Waals surface area contributed by atoms with E-state index in [9.17, 15) is 4.79 Å². The summed E-state index contributed by atoms with van der Waals surface area (Å²) in [4.78, 5) is 12.4. The maximum absolute atomic E-state index is 12.4. The van der Waals surface area contributed by atoms with Gasteiger partial charge < -0.3 is 14.3 Å². The van der Waals surface area contributed by atoms with E-state index in [4.69, 9.17) is 27.6 Å². The normalized spacial score (nSPS) is 12.2. The van der Waals surface area contributed by atoms with Crippen molar-refractivity contribution in [3.63, 3.8) is 0 Å². The Balaban J connectivity index is 1.69. The van der Waals surface area contributed by atoms with Gasteiger partial charge in [-0.05, 0) is 37.3 Å². The second-order valence-corrected chi connectivity index (χ2v) is 7.37. The van der Waals surface area contributed by atoms with E-state index >= 15 is 0 Å². The zero-order valence-electron chi connectivity index (χ0n) is 13.4. The molecule has 0 bridgehead atoms. The Bertz CT molecular complexity index is 896. The molecule has 0 radical (unpaired) electrons. The fourth-order valence-electron chi connectivity index (χ4n) is 2.07. The predicted octanol–water partition coefficient (Wildman–Crippen LogP) is 4.50. The van der Waals surface area contributed by atoms with Crippen molar-refractivity contribution in [3.8, 4) is 11.6 Å². The van der Waals surface area contributed by atoms with Crippen molar-refractivity contribution in [2.24, 2.45) is 7.05 Å². The van der Waals surface area contributed by atoms with E-state index in [-0.39, 0.29) is 5.91 Å². The molecule has 130 valence electrons. The van der Waals surface area contributed by atoms with Gasteiger partial charge in [-0.1, -0.05) is 35.0 Å². The number of hydrogen-bond acceptors (Lipinski definition) is 5. The van der Waals surface area contributed by atoms with Crippen molar-refractivity contribution in [3.05, 3.63) is 46.6 Å². The van der Waals surface area contributed by atoms with Gasteiger partial charge in [-0.15, -0.1) is 10.2 Å². The fraction of sp³-hybridized carbons (Fsp3) is 0.188. The quantitative estimate of drug-likeness (QED) is 0.642. The summed E-state index contributed by atoms with van der Waals surface area (Å²) in [6, 6.07) is 8.49. The molecule has 0 saturated heterocycles. The number of amides is 1. The van der Waals surface area contributed by atoms with E-state index in [1.54, 1.807) is 48.1 Å². The van der Waals surface area contributed by atoms with Crippen LogP contribution in [-0.2, 0) is 11.8 Å². The third-order valence-corrected chi connectivity index (χ3v) is 5.10. The lowest BCUT2D eigenvalue weighted by molar-refractivity contribution is -0.115. The highest BCUT2D eigenvalue weighted by atomic mass is 35.5. The van der Waals surface area contributed by atoms with Crippen LogP contribution in [0.2, 0.25) is 10.0 Å². The molecule has 9 heteroatoms. The van der Waals surface area contributed by atoms with Gasteiger partial charge in [0.2, 0.25) is 5.91 Å². The number of rotatable bonds is 5. The summed E-state index contributed by atoms with van der Waals surface area (Å²) in [6.45, 7) is 1.78. The molecule has 0 saturated carbocycles. The Morgan fingerprint density at radius 2 is 2.12 bits per heavy atom. The van der Waals surface area contributed by atoms with Crippen molar-refractivity contribution in [2.45, 2.75) is 17.3 Å². The molecule has 2 aromatic heterocycles. The number of thioether (sulfide) groups is 1. The molecule has 1 aromatic carbocycles. The Hall–Kier alpha value is -1.96. The molecular formula is C16H14Cl2N4O2S. The van der Waals surface area contributed by atoms with Crippen molar-refractivity contribution >= 4 is 46.6 Å². The number of nitrogens with one attached hydrogen (secondary N) is 1. The average molecular weight is 397 g/mol. The highest BCUT2D eigenvalue weighted by Crippen LogP contribution is 2.29. The minimum Gasteiger partial charge on any atom is -0.461 e. The van der Waals surface area contributed by atoms with E-state index in [0.717, 1.165) is 0 Å². The number of carbonyl (C=O) groups excluding carboxylic acids is 1. The summed E-state index contributed by atoms with van der Waals surface area (Å²) in [5, 5.41) is 12.1. The number of nitrogens with zero attached hydrogens (tertiary/aromatic N) is 3. The summed E-state index contributed by atoms with van der Waals surface area (Å²) in [5.74, 6) is 1.02. The molecule has 3 aromatic rings. The maximum atomic E-state index is 12.4. The predicted molar refractivity (Wildman–Crippen MR) is 99.1 cm³/mol. The lowest BCUT2D eigenvalue weighted by atomic mass is 10.3. The van der Waals surface area contributed by atoms with E-state index in [1.165, 1.54) is 11.8 Å². The molecule has 6 nitrogen and oxygen atoms in total. The summed E-state index contributed by atoms with van der Waals surface area (Å²) >= 11 is 13.2. The van der Waals surface area contributed by atoms with Crippen LogP contribution in [0.5, 0.6) is 0 Å². The lowest BCUT2D eigenvalue weighted by Gasteiger charge is -2.12. The van der Waals surface area contributed by atoms with Crippen LogP contribution in [0.15, 0.2) is 46.2 Å². The van der Waals surface area contributed by atoms with Gasteiger partial charge in [-0.3, -0.25) is 4.79 Å². The van der Waals surface area contributed by atoms with Gasteiger partial charge in [-0.25, -0.2) is 0 Å². The van der Waals surface area contributed by atoms with Crippen molar-refractivity contribution in [2.75, 3.05) is 5.32 Å². The molecule has 0 aliphatic carbocycles. The highest BCUT2D eigenvalue weighted by molar-refractivity contribution is 8.00. The van der Waals surface area contributed by atoms with Crippen LogP contribution in [0.4, 0.5) is 5.69 Å². The van der Waals surface area contributed by atoms with Gasteiger partial charge in [0.25, 0.3) is 0 Å². The summed E-state index contributed by atoms with van der Waals surface area (Å²) in [7, 11) is 1.82. The molecule has 1 amide bonds. The molecule has 3 rings (SSSR count). The number of anilines is 1. The minimum atomic E-state index is -0.404. The van der Waals surface area contributed by atoms with E-state index in [0.29, 0.717) is 32.5 Å².